The second-order valence-corrected chi connectivity index (χ2v) is 10.5. The van der Waals surface area contributed by atoms with Gasteiger partial charge in [0, 0.05) is 25.9 Å². The molecule has 0 radical (unpaired) electrons. The summed E-state index contributed by atoms with van der Waals surface area (Å²) in [5, 5.41) is 0.981. The number of thiazole rings is 1. The molecule has 0 bridgehead atoms. The number of likely N-dealkylation sites (tertiary alicyclic amines) is 1. The Morgan fingerprint density at radius 1 is 1.15 bits per heavy atom. The largest absolute Gasteiger partial charge is 0.333 e. The van der Waals surface area contributed by atoms with Crippen molar-refractivity contribution in [2.24, 2.45) is 0 Å². The molecule has 1 aromatic heterocycles. The Morgan fingerprint density at radius 2 is 1.94 bits per heavy atom. The molecular weight excluding hydrogens is 448 g/mol. The first kappa shape index (κ1) is 21.3. The molecule has 174 valence electrons. The molecule has 3 aromatic rings. The summed E-state index contributed by atoms with van der Waals surface area (Å²) in [5.41, 5.74) is 1.44. The van der Waals surface area contributed by atoms with Crippen molar-refractivity contribution in [2.75, 3.05) is 18.0 Å². The molecule has 4 heterocycles. The maximum absolute atomic E-state index is 13.4. The molecule has 0 N–H and O–H groups in total. The normalized spacial score (nSPS) is 24.1. The monoisotopic (exact) mass is 474 g/mol. The van der Waals surface area contributed by atoms with Crippen LogP contribution in [-0.4, -0.2) is 51.3 Å². The Kier molecular flexibility index (Phi) is 4.95. The average Bonchev–Trinajstić information content (AvgIpc) is 3.56. The highest BCUT2D eigenvalue weighted by atomic mass is 32.1. The van der Waals surface area contributed by atoms with E-state index in [2.05, 4.69) is 6.07 Å². The highest BCUT2D eigenvalue weighted by Gasteiger charge is 2.53. The highest BCUT2D eigenvalue weighted by Crippen LogP contribution is 2.44. The van der Waals surface area contributed by atoms with Gasteiger partial charge in [-0.15, -0.1) is 11.3 Å². The number of aromatic nitrogens is 1. The van der Waals surface area contributed by atoms with Gasteiger partial charge in [0.15, 0.2) is 0 Å². The zero-order valence-electron chi connectivity index (χ0n) is 19.1. The van der Waals surface area contributed by atoms with Crippen molar-refractivity contribution in [2.45, 2.75) is 50.7 Å². The summed E-state index contributed by atoms with van der Waals surface area (Å²) in [6.45, 7) is 2.93. The van der Waals surface area contributed by atoms with Gasteiger partial charge in [-0.05, 0) is 50.5 Å². The fourth-order valence-electron chi connectivity index (χ4n) is 5.75. The van der Waals surface area contributed by atoms with Gasteiger partial charge < -0.3 is 9.80 Å². The number of carbonyl (C=O) groups is 3. The van der Waals surface area contributed by atoms with Crippen molar-refractivity contribution >= 4 is 45.0 Å². The van der Waals surface area contributed by atoms with E-state index in [1.165, 1.54) is 0 Å². The second-order valence-electron chi connectivity index (χ2n) is 9.44. The summed E-state index contributed by atoms with van der Waals surface area (Å²) in [6, 6.07) is 15.3. The average molecular weight is 475 g/mol. The van der Waals surface area contributed by atoms with Gasteiger partial charge in [-0.2, -0.15) is 0 Å². The lowest BCUT2D eigenvalue weighted by Gasteiger charge is -2.48. The quantitative estimate of drug-likeness (QED) is 0.564. The van der Waals surface area contributed by atoms with Crippen LogP contribution in [0, 0.1) is 0 Å². The minimum atomic E-state index is -0.736. The van der Waals surface area contributed by atoms with Crippen LogP contribution in [0.4, 0.5) is 5.69 Å². The molecule has 0 saturated carbocycles. The zero-order chi connectivity index (χ0) is 23.4. The van der Waals surface area contributed by atoms with Crippen LogP contribution >= 0.6 is 11.3 Å². The number of amides is 3. The van der Waals surface area contributed by atoms with Crippen LogP contribution in [-0.2, 0) is 9.59 Å². The Balaban J connectivity index is 1.23. The van der Waals surface area contributed by atoms with Crippen molar-refractivity contribution < 1.29 is 14.4 Å². The smallest absolute Gasteiger partial charge is 0.257 e. The SMILES string of the molecule is C[C@@]12CCC(=O)N1c1ccccc1C(=O)N2CCC(=O)N1CCC[C@@H]1c1nc2ccccc2s1. The van der Waals surface area contributed by atoms with Crippen LogP contribution < -0.4 is 4.90 Å². The van der Waals surface area contributed by atoms with E-state index in [-0.39, 0.29) is 36.7 Å². The summed E-state index contributed by atoms with van der Waals surface area (Å²) in [4.78, 5) is 49.8. The van der Waals surface area contributed by atoms with Crippen LogP contribution in [0.1, 0.15) is 60.4 Å². The van der Waals surface area contributed by atoms with Gasteiger partial charge in [0.2, 0.25) is 11.8 Å². The number of rotatable bonds is 4. The van der Waals surface area contributed by atoms with E-state index in [0.717, 1.165) is 28.1 Å². The molecule has 0 aliphatic carbocycles. The Morgan fingerprint density at radius 3 is 2.79 bits per heavy atom. The molecular formula is C26H26N4O3S. The first-order chi connectivity index (χ1) is 16.5. The van der Waals surface area contributed by atoms with Gasteiger partial charge >= 0.3 is 0 Å². The van der Waals surface area contributed by atoms with Crippen molar-refractivity contribution in [1.29, 1.82) is 0 Å². The molecule has 2 aromatic carbocycles. The lowest BCUT2D eigenvalue weighted by molar-refractivity contribution is -0.132. The molecule has 0 spiro atoms. The predicted molar refractivity (Wildman–Crippen MR) is 131 cm³/mol. The third-order valence-corrected chi connectivity index (χ3v) is 8.60. The number of anilines is 1. The standard InChI is InChI=1S/C26H26N4O3S/c1-26-14-12-23(32)30(26)19-9-4-2-7-17(19)25(33)29(26)16-13-22(31)28-15-6-10-20(28)24-27-18-8-3-5-11-21(18)34-24/h2-5,7-9,11,20H,6,10,12-16H2,1H3/t20-,26+/m1/s1. The number of hydrogen-bond acceptors (Lipinski definition) is 5. The van der Waals surface area contributed by atoms with Gasteiger partial charge in [0.05, 0.1) is 27.5 Å². The molecule has 0 unspecified atom stereocenters. The number of nitrogens with zero attached hydrogens (tertiary/aromatic N) is 4. The molecule has 3 aliphatic rings. The van der Waals surface area contributed by atoms with Gasteiger partial charge in [0.25, 0.3) is 5.91 Å². The van der Waals surface area contributed by atoms with E-state index >= 15 is 0 Å². The molecule has 7 nitrogen and oxygen atoms in total. The predicted octanol–water partition coefficient (Wildman–Crippen LogP) is 4.35. The Bertz CT molecular complexity index is 1290. The van der Waals surface area contributed by atoms with Crippen LogP contribution in [0.2, 0.25) is 0 Å². The fraction of sp³-hybridized carbons (Fsp3) is 0.385. The number of hydrogen-bond donors (Lipinski definition) is 0. The van der Waals surface area contributed by atoms with Gasteiger partial charge in [-0.3, -0.25) is 19.3 Å². The number of fused-ring (bicyclic) bond motifs is 4. The molecule has 3 aliphatic heterocycles. The minimum absolute atomic E-state index is 0.0113. The summed E-state index contributed by atoms with van der Waals surface area (Å²) in [5.74, 6) is -0.0527. The van der Waals surface area contributed by atoms with Crippen LogP contribution in [0.5, 0.6) is 0 Å². The molecule has 3 amide bonds. The van der Waals surface area contributed by atoms with Crippen molar-refractivity contribution in [3.05, 3.63) is 59.1 Å². The van der Waals surface area contributed by atoms with Crippen molar-refractivity contribution in [1.82, 2.24) is 14.8 Å². The minimum Gasteiger partial charge on any atom is -0.333 e. The molecule has 2 fully saturated rings. The van der Waals surface area contributed by atoms with Gasteiger partial charge in [-0.25, -0.2) is 4.98 Å². The molecule has 6 rings (SSSR count). The van der Waals surface area contributed by atoms with E-state index in [1.807, 2.05) is 48.2 Å². The lowest BCUT2D eigenvalue weighted by atomic mass is 9.98. The maximum Gasteiger partial charge on any atom is 0.257 e. The summed E-state index contributed by atoms with van der Waals surface area (Å²) < 4.78 is 1.13. The highest BCUT2D eigenvalue weighted by molar-refractivity contribution is 7.18. The Hall–Kier alpha value is -3.26. The summed E-state index contributed by atoms with van der Waals surface area (Å²) in [6.07, 6.45) is 3.04. The van der Waals surface area contributed by atoms with E-state index in [9.17, 15) is 14.4 Å². The fourth-order valence-corrected chi connectivity index (χ4v) is 6.86. The third-order valence-electron chi connectivity index (χ3n) is 7.46. The zero-order valence-corrected chi connectivity index (χ0v) is 19.9. The second kappa shape index (κ2) is 7.91. The first-order valence-electron chi connectivity index (χ1n) is 11.9. The summed E-state index contributed by atoms with van der Waals surface area (Å²) >= 11 is 1.65. The molecule has 8 heteroatoms. The van der Waals surface area contributed by atoms with Gasteiger partial charge in [0.1, 0.15) is 10.7 Å². The van der Waals surface area contributed by atoms with E-state index in [0.29, 0.717) is 30.6 Å². The molecule has 34 heavy (non-hydrogen) atoms. The van der Waals surface area contributed by atoms with Crippen molar-refractivity contribution in [3.8, 4) is 0 Å². The lowest BCUT2D eigenvalue weighted by Crippen LogP contribution is -2.62. The number of para-hydroxylation sites is 2. The molecule has 2 atom stereocenters. The van der Waals surface area contributed by atoms with Crippen LogP contribution in [0.15, 0.2) is 48.5 Å². The maximum atomic E-state index is 13.4. The number of benzene rings is 2. The topological polar surface area (TPSA) is 73.8 Å². The first-order valence-corrected chi connectivity index (χ1v) is 12.7. The Labute approximate surface area is 202 Å². The van der Waals surface area contributed by atoms with Crippen LogP contribution in [0.3, 0.4) is 0 Å². The van der Waals surface area contributed by atoms with E-state index in [1.54, 1.807) is 27.2 Å². The van der Waals surface area contributed by atoms with Gasteiger partial charge in [-0.1, -0.05) is 24.3 Å². The van der Waals surface area contributed by atoms with E-state index < -0.39 is 5.66 Å². The third kappa shape index (κ3) is 3.15. The number of carbonyl (C=O) groups excluding carboxylic acids is 3. The van der Waals surface area contributed by atoms with E-state index in [4.69, 9.17) is 4.98 Å². The van der Waals surface area contributed by atoms with Crippen molar-refractivity contribution in [3.63, 3.8) is 0 Å². The summed E-state index contributed by atoms with van der Waals surface area (Å²) in [7, 11) is 0. The van der Waals surface area contributed by atoms with Crippen LogP contribution in [0.25, 0.3) is 10.2 Å². The molecule has 2 saturated heterocycles.